The van der Waals surface area contributed by atoms with Crippen molar-refractivity contribution in [3.63, 3.8) is 0 Å². The van der Waals surface area contributed by atoms with Gasteiger partial charge in [-0.25, -0.2) is 0 Å². The van der Waals surface area contributed by atoms with Crippen molar-refractivity contribution in [3.8, 4) is 6.07 Å². The maximum atomic E-state index is 8.48. The van der Waals surface area contributed by atoms with Crippen LogP contribution in [0.25, 0.3) is 0 Å². The molecule has 0 heterocycles. The molecule has 0 amide bonds. The number of rotatable bonds is 0. The van der Waals surface area contributed by atoms with E-state index >= 15 is 0 Å². The van der Waals surface area contributed by atoms with Crippen molar-refractivity contribution in [3.05, 3.63) is 12.2 Å². The predicted octanol–water partition coefficient (Wildman–Crippen LogP) is 0.898. The van der Waals surface area contributed by atoms with Crippen LogP contribution < -0.4 is 0 Å². The molecule has 46 valence electrons. The summed E-state index contributed by atoms with van der Waals surface area (Å²) in [6, 6.07) is 2.24. The van der Waals surface area contributed by atoms with Gasteiger partial charge in [-0.3, -0.25) is 0 Å². The largest absolute Gasteiger partial charge is 0.198 e. The molecule has 1 rings (SSSR count). The summed E-state index contributed by atoms with van der Waals surface area (Å²) in [6.45, 7) is 0. The van der Waals surface area contributed by atoms with Crippen molar-refractivity contribution in [1.82, 2.24) is 0 Å². The van der Waals surface area contributed by atoms with E-state index in [1.165, 1.54) is 6.42 Å². The third-order valence-electron chi connectivity index (χ3n) is 1.77. The van der Waals surface area contributed by atoms with Crippen LogP contribution in [0.2, 0.25) is 5.82 Å². The van der Waals surface area contributed by atoms with E-state index in [1.54, 1.807) is 0 Å². The van der Waals surface area contributed by atoms with Crippen LogP contribution in [-0.2, 0) is 0 Å². The SMILES string of the molecule is BC1C=CC(C#N)CC1. The van der Waals surface area contributed by atoms with E-state index in [4.69, 9.17) is 5.26 Å². The minimum absolute atomic E-state index is 0.196. The highest BCUT2D eigenvalue weighted by Gasteiger charge is 2.10. The molecule has 0 spiro atoms. The van der Waals surface area contributed by atoms with Gasteiger partial charge in [0, 0.05) is 0 Å². The predicted molar refractivity (Wildman–Crippen MR) is 39.8 cm³/mol. The Morgan fingerprint density at radius 1 is 1.44 bits per heavy atom. The molecule has 2 heteroatoms. The summed E-state index contributed by atoms with van der Waals surface area (Å²) in [5.74, 6) is 0.885. The fraction of sp³-hybridized carbons (Fsp3) is 0.571. The second-order valence-electron chi connectivity index (χ2n) is 2.68. The molecule has 0 aromatic rings. The van der Waals surface area contributed by atoms with Crippen LogP contribution in [-0.4, -0.2) is 7.85 Å². The molecular weight excluding hydrogens is 109 g/mol. The van der Waals surface area contributed by atoms with Crippen LogP contribution in [0.15, 0.2) is 12.2 Å². The quantitative estimate of drug-likeness (QED) is 0.343. The Balaban J connectivity index is 2.50. The molecule has 1 aliphatic rings. The molecule has 0 aromatic heterocycles. The fourth-order valence-corrected chi connectivity index (χ4v) is 1.07. The van der Waals surface area contributed by atoms with Gasteiger partial charge in [-0.2, -0.15) is 5.26 Å². The van der Waals surface area contributed by atoms with Gasteiger partial charge < -0.3 is 0 Å². The van der Waals surface area contributed by atoms with E-state index in [2.05, 4.69) is 20.0 Å². The first-order valence-corrected chi connectivity index (χ1v) is 3.41. The van der Waals surface area contributed by atoms with Crippen molar-refractivity contribution in [1.29, 1.82) is 5.26 Å². The molecule has 0 saturated heterocycles. The third-order valence-corrected chi connectivity index (χ3v) is 1.77. The second-order valence-corrected chi connectivity index (χ2v) is 2.68. The molecule has 0 fully saturated rings. The number of hydrogen-bond donors (Lipinski definition) is 0. The Morgan fingerprint density at radius 2 is 2.22 bits per heavy atom. The van der Waals surface area contributed by atoms with Crippen LogP contribution in [0.5, 0.6) is 0 Å². The van der Waals surface area contributed by atoms with Crippen molar-refractivity contribution >= 4 is 7.85 Å². The van der Waals surface area contributed by atoms with Gasteiger partial charge >= 0.3 is 0 Å². The molecule has 9 heavy (non-hydrogen) atoms. The smallest absolute Gasteiger partial charge is 0.110 e. The molecule has 0 aliphatic heterocycles. The highest BCUT2D eigenvalue weighted by molar-refractivity contribution is 6.12. The van der Waals surface area contributed by atoms with Crippen molar-refractivity contribution in [2.24, 2.45) is 5.92 Å². The molecule has 2 atom stereocenters. The number of nitrogens with zero attached hydrogens (tertiary/aromatic N) is 1. The number of hydrogen-bond acceptors (Lipinski definition) is 1. The van der Waals surface area contributed by atoms with Crippen LogP contribution in [0.3, 0.4) is 0 Å². The van der Waals surface area contributed by atoms with Gasteiger partial charge in [0.1, 0.15) is 7.85 Å². The molecule has 0 radical (unpaired) electrons. The molecule has 0 aromatic carbocycles. The average molecular weight is 119 g/mol. The number of nitriles is 1. The maximum absolute atomic E-state index is 8.48. The zero-order valence-corrected chi connectivity index (χ0v) is 5.67. The molecule has 2 unspecified atom stereocenters. The van der Waals surface area contributed by atoms with Gasteiger partial charge in [0.05, 0.1) is 12.0 Å². The third kappa shape index (κ3) is 1.60. The fourth-order valence-electron chi connectivity index (χ4n) is 1.07. The lowest BCUT2D eigenvalue weighted by molar-refractivity contribution is 0.639. The summed E-state index contributed by atoms with van der Waals surface area (Å²) in [5.41, 5.74) is 0. The Hall–Kier alpha value is -0.705. The summed E-state index contributed by atoms with van der Waals surface area (Å²) in [7, 11) is 2.18. The minimum Gasteiger partial charge on any atom is -0.198 e. The molecular formula is C7H10BN. The highest BCUT2D eigenvalue weighted by atomic mass is 14.3. The molecule has 0 N–H and O–H groups in total. The topological polar surface area (TPSA) is 23.8 Å². The van der Waals surface area contributed by atoms with Crippen molar-refractivity contribution in [2.75, 3.05) is 0 Å². The summed E-state index contributed by atoms with van der Waals surface area (Å²) < 4.78 is 0. The van der Waals surface area contributed by atoms with E-state index in [0.29, 0.717) is 5.82 Å². The van der Waals surface area contributed by atoms with Gasteiger partial charge in [0.25, 0.3) is 0 Å². The first-order valence-electron chi connectivity index (χ1n) is 3.41. The van der Waals surface area contributed by atoms with E-state index in [1.807, 2.05) is 6.08 Å². The Morgan fingerprint density at radius 3 is 2.67 bits per heavy atom. The minimum atomic E-state index is 0.196. The monoisotopic (exact) mass is 119 g/mol. The average Bonchev–Trinajstić information content (AvgIpc) is 1.90. The first kappa shape index (κ1) is 6.42. The van der Waals surface area contributed by atoms with Crippen molar-refractivity contribution in [2.45, 2.75) is 18.7 Å². The zero-order chi connectivity index (χ0) is 6.69. The summed E-state index contributed by atoms with van der Waals surface area (Å²) >= 11 is 0. The lowest BCUT2D eigenvalue weighted by atomic mass is 9.77. The maximum Gasteiger partial charge on any atom is 0.110 e. The van der Waals surface area contributed by atoms with Crippen LogP contribution >= 0.6 is 0 Å². The Kier molecular flexibility index (Phi) is 1.94. The number of allylic oxidation sites excluding steroid dienone is 2. The van der Waals surface area contributed by atoms with Crippen LogP contribution in [0, 0.1) is 17.2 Å². The second kappa shape index (κ2) is 2.73. The lowest BCUT2D eigenvalue weighted by Gasteiger charge is -2.13. The lowest BCUT2D eigenvalue weighted by Crippen LogP contribution is -2.02. The van der Waals surface area contributed by atoms with E-state index in [0.717, 1.165) is 6.42 Å². The summed E-state index contributed by atoms with van der Waals surface area (Å²) in [6.07, 6.45) is 6.38. The van der Waals surface area contributed by atoms with Crippen molar-refractivity contribution < 1.29 is 0 Å². The molecule has 1 nitrogen and oxygen atoms in total. The van der Waals surface area contributed by atoms with E-state index in [9.17, 15) is 0 Å². The first-order chi connectivity index (χ1) is 4.33. The van der Waals surface area contributed by atoms with Crippen LogP contribution in [0.1, 0.15) is 12.8 Å². The summed E-state index contributed by atoms with van der Waals surface area (Å²) in [4.78, 5) is 0. The van der Waals surface area contributed by atoms with Gasteiger partial charge in [0.15, 0.2) is 0 Å². The van der Waals surface area contributed by atoms with Gasteiger partial charge in [-0.05, 0) is 6.42 Å². The Bertz CT molecular complexity index is 157. The van der Waals surface area contributed by atoms with Gasteiger partial charge in [-0.15, -0.1) is 0 Å². The standard InChI is InChI=1S/C7H10BN/c8-7-3-1-6(5-9)2-4-7/h1,3,6-7H,2,4,8H2. The highest BCUT2D eigenvalue weighted by Crippen LogP contribution is 2.22. The van der Waals surface area contributed by atoms with E-state index in [-0.39, 0.29) is 5.92 Å². The van der Waals surface area contributed by atoms with Gasteiger partial charge in [-0.1, -0.05) is 24.4 Å². The van der Waals surface area contributed by atoms with Gasteiger partial charge in [0.2, 0.25) is 0 Å². The van der Waals surface area contributed by atoms with Crippen LogP contribution in [0.4, 0.5) is 0 Å². The van der Waals surface area contributed by atoms with E-state index < -0.39 is 0 Å². The Labute approximate surface area is 56.8 Å². The molecule has 0 bridgehead atoms. The molecule has 1 aliphatic carbocycles. The molecule has 0 saturated carbocycles. The zero-order valence-electron chi connectivity index (χ0n) is 5.67. The summed E-state index contributed by atoms with van der Waals surface area (Å²) in [5, 5.41) is 8.48. The normalized spacial score (nSPS) is 33.7.